The van der Waals surface area contributed by atoms with E-state index in [0.29, 0.717) is 33.0 Å². The maximum Gasteiger partial charge on any atom is 0.221 e. The van der Waals surface area contributed by atoms with Crippen LogP contribution in [-0.4, -0.2) is 23.0 Å². The van der Waals surface area contributed by atoms with Gasteiger partial charge in [0.15, 0.2) is 0 Å². The van der Waals surface area contributed by atoms with Gasteiger partial charge in [-0.25, -0.2) is 4.98 Å². The van der Waals surface area contributed by atoms with Crippen molar-refractivity contribution in [3.63, 3.8) is 0 Å². The van der Waals surface area contributed by atoms with Crippen molar-refractivity contribution in [3.05, 3.63) is 34.6 Å². The summed E-state index contributed by atoms with van der Waals surface area (Å²) in [4.78, 5) is 19.6. The molecule has 0 aliphatic carbocycles. The van der Waals surface area contributed by atoms with Gasteiger partial charge in [0.2, 0.25) is 5.91 Å². The Hall–Kier alpha value is -1.85. The lowest BCUT2D eigenvalue weighted by atomic mass is 10.2. The lowest BCUT2D eigenvalue weighted by Gasteiger charge is -2.10. The quantitative estimate of drug-likeness (QED) is 0.882. The Balaban J connectivity index is 2.55. The van der Waals surface area contributed by atoms with Gasteiger partial charge in [-0.05, 0) is 12.1 Å². The summed E-state index contributed by atoms with van der Waals surface area (Å²) >= 11 is 11.8. The molecule has 2 heterocycles. The van der Waals surface area contributed by atoms with E-state index in [1.807, 2.05) is 0 Å². The van der Waals surface area contributed by atoms with Crippen LogP contribution in [0.4, 0.5) is 5.69 Å². The normalized spacial score (nSPS) is 10.2. The number of amides is 1. The minimum Gasteiger partial charge on any atom is -0.495 e. The van der Waals surface area contributed by atoms with Gasteiger partial charge in [-0.15, -0.1) is 0 Å². The highest BCUT2D eigenvalue weighted by Crippen LogP contribution is 2.31. The van der Waals surface area contributed by atoms with Crippen molar-refractivity contribution in [2.45, 2.75) is 6.92 Å². The number of aromatic nitrogens is 2. The molecule has 0 spiro atoms. The lowest BCUT2D eigenvalue weighted by molar-refractivity contribution is -0.114. The van der Waals surface area contributed by atoms with Gasteiger partial charge in [0.25, 0.3) is 0 Å². The maximum atomic E-state index is 11.2. The molecule has 0 saturated heterocycles. The third-order valence-corrected chi connectivity index (χ3v) is 2.95. The van der Waals surface area contributed by atoms with Crippen LogP contribution >= 0.6 is 23.2 Å². The fraction of sp³-hybridized carbons (Fsp3) is 0.154. The van der Waals surface area contributed by atoms with Crippen LogP contribution in [0.15, 0.2) is 24.4 Å². The van der Waals surface area contributed by atoms with E-state index in [0.717, 1.165) is 0 Å². The molecule has 7 heteroatoms. The average molecular weight is 312 g/mol. The summed E-state index contributed by atoms with van der Waals surface area (Å²) in [6.07, 6.45) is 1.45. The second-order valence-corrected chi connectivity index (χ2v) is 4.71. The van der Waals surface area contributed by atoms with Crippen molar-refractivity contribution in [2.75, 3.05) is 12.4 Å². The molecule has 0 bridgehead atoms. The number of hydrogen-bond acceptors (Lipinski definition) is 4. The van der Waals surface area contributed by atoms with Gasteiger partial charge in [0, 0.05) is 13.0 Å². The maximum absolute atomic E-state index is 11.2. The van der Waals surface area contributed by atoms with Crippen LogP contribution in [0, 0.1) is 0 Å². The van der Waals surface area contributed by atoms with E-state index in [2.05, 4.69) is 15.3 Å². The van der Waals surface area contributed by atoms with Crippen LogP contribution < -0.4 is 10.1 Å². The second-order valence-electron chi connectivity index (χ2n) is 3.92. The van der Waals surface area contributed by atoms with Gasteiger partial charge < -0.3 is 10.1 Å². The largest absolute Gasteiger partial charge is 0.495 e. The van der Waals surface area contributed by atoms with E-state index in [9.17, 15) is 4.79 Å². The number of halogens is 2. The van der Waals surface area contributed by atoms with Crippen molar-refractivity contribution < 1.29 is 9.53 Å². The first kappa shape index (κ1) is 14.6. The molecule has 0 fully saturated rings. The Morgan fingerprint density at radius 1 is 1.35 bits per heavy atom. The summed E-state index contributed by atoms with van der Waals surface area (Å²) in [7, 11) is 1.51. The van der Waals surface area contributed by atoms with Crippen molar-refractivity contribution in [3.8, 4) is 17.1 Å². The number of carbonyl (C=O) groups excluding carboxylic acids is 1. The van der Waals surface area contributed by atoms with E-state index in [4.69, 9.17) is 27.9 Å². The summed E-state index contributed by atoms with van der Waals surface area (Å²) in [6.45, 7) is 1.41. The molecule has 0 unspecified atom stereocenters. The first-order valence-electron chi connectivity index (χ1n) is 5.65. The number of carbonyl (C=O) groups is 1. The van der Waals surface area contributed by atoms with Crippen molar-refractivity contribution >= 4 is 34.8 Å². The number of pyridine rings is 2. The molecule has 0 saturated carbocycles. The first-order chi connectivity index (χ1) is 9.51. The van der Waals surface area contributed by atoms with Crippen LogP contribution in [-0.2, 0) is 4.79 Å². The first-order valence-corrected chi connectivity index (χ1v) is 6.41. The Morgan fingerprint density at radius 3 is 2.75 bits per heavy atom. The van der Waals surface area contributed by atoms with Gasteiger partial charge in [-0.2, -0.15) is 0 Å². The lowest BCUT2D eigenvalue weighted by Crippen LogP contribution is -2.08. The second kappa shape index (κ2) is 6.07. The number of anilines is 1. The molecule has 2 rings (SSSR count). The van der Waals surface area contributed by atoms with E-state index < -0.39 is 0 Å². The molecule has 0 aliphatic rings. The number of nitrogens with one attached hydrogen (secondary N) is 1. The van der Waals surface area contributed by atoms with E-state index >= 15 is 0 Å². The number of nitrogens with zero attached hydrogens (tertiary/aromatic N) is 2. The topological polar surface area (TPSA) is 64.1 Å². The van der Waals surface area contributed by atoms with E-state index in [1.54, 1.807) is 18.2 Å². The van der Waals surface area contributed by atoms with Crippen LogP contribution in [0.5, 0.6) is 5.75 Å². The van der Waals surface area contributed by atoms with Crippen molar-refractivity contribution in [1.82, 2.24) is 9.97 Å². The molecule has 1 N–H and O–H groups in total. The van der Waals surface area contributed by atoms with Gasteiger partial charge >= 0.3 is 0 Å². The van der Waals surface area contributed by atoms with E-state index in [-0.39, 0.29) is 5.91 Å². The number of methoxy groups -OCH3 is 1. The molecule has 0 aliphatic heterocycles. The van der Waals surface area contributed by atoms with Crippen molar-refractivity contribution in [2.24, 2.45) is 0 Å². The summed E-state index contributed by atoms with van der Waals surface area (Å²) in [5.41, 5.74) is 1.46. The number of rotatable bonds is 3. The molecule has 104 valence electrons. The molecule has 2 aromatic heterocycles. The summed E-state index contributed by atoms with van der Waals surface area (Å²) in [5.74, 6) is 0.253. The summed E-state index contributed by atoms with van der Waals surface area (Å²) in [6, 6.07) is 4.88. The zero-order chi connectivity index (χ0) is 14.7. The summed E-state index contributed by atoms with van der Waals surface area (Å²) in [5, 5.41) is 3.36. The molecule has 20 heavy (non-hydrogen) atoms. The van der Waals surface area contributed by atoms with Crippen LogP contribution in [0.2, 0.25) is 10.2 Å². The molecule has 2 aromatic rings. The standard InChI is InChI=1S/C13H11Cl2N3O2/c1-7(19)17-9-3-4-12(15)18-13(9)10-5-11(20-2)8(14)6-16-10/h3-6H,1-2H3,(H,17,19). The zero-order valence-electron chi connectivity index (χ0n) is 10.8. The smallest absolute Gasteiger partial charge is 0.221 e. The highest BCUT2D eigenvalue weighted by atomic mass is 35.5. The van der Waals surface area contributed by atoms with Gasteiger partial charge in [0.05, 0.1) is 24.7 Å². The molecular weight excluding hydrogens is 301 g/mol. The molecule has 0 atom stereocenters. The number of hydrogen-bond donors (Lipinski definition) is 1. The molecule has 1 amide bonds. The van der Waals surface area contributed by atoms with Crippen molar-refractivity contribution in [1.29, 1.82) is 0 Å². The third-order valence-electron chi connectivity index (χ3n) is 2.45. The summed E-state index contributed by atoms with van der Waals surface area (Å²) < 4.78 is 5.14. The van der Waals surface area contributed by atoms with Gasteiger partial charge in [-0.1, -0.05) is 23.2 Å². The highest BCUT2D eigenvalue weighted by Gasteiger charge is 2.13. The highest BCUT2D eigenvalue weighted by molar-refractivity contribution is 6.32. The predicted molar refractivity (Wildman–Crippen MR) is 78.3 cm³/mol. The fourth-order valence-electron chi connectivity index (χ4n) is 1.63. The fourth-order valence-corrected chi connectivity index (χ4v) is 1.96. The van der Waals surface area contributed by atoms with Crippen LogP contribution in [0.1, 0.15) is 6.92 Å². The molecule has 0 radical (unpaired) electrons. The third kappa shape index (κ3) is 3.18. The van der Waals surface area contributed by atoms with Gasteiger partial charge in [-0.3, -0.25) is 9.78 Å². The Labute approximate surface area is 125 Å². The molecular formula is C13H11Cl2N3O2. The molecule has 0 aromatic carbocycles. The number of ether oxygens (including phenoxy) is 1. The van der Waals surface area contributed by atoms with Crippen LogP contribution in [0.25, 0.3) is 11.4 Å². The Bertz CT molecular complexity index is 662. The molecule has 5 nitrogen and oxygen atoms in total. The monoisotopic (exact) mass is 311 g/mol. The SMILES string of the molecule is COc1cc(-c2nc(Cl)ccc2NC(C)=O)ncc1Cl. The minimum absolute atomic E-state index is 0.212. The Kier molecular flexibility index (Phi) is 4.42. The zero-order valence-corrected chi connectivity index (χ0v) is 12.3. The predicted octanol–water partition coefficient (Wildman–Crippen LogP) is 3.42. The average Bonchev–Trinajstić information content (AvgIpc) is 2.41. The Morgan fingerprint density at radius 2 is 2.10 bits per heavy atom. The van der Waals surface area contributed by atoms with Gasteiger partial charge in [0.1, 0.15) is 21.6 Å². The minimum atomic E-state index is -0.212. The van der Waals surface area contributed by atoms with Crippen LogP contribution in [0.3, 0.4) is 0 Å². The van der Waals surface area contributed by atoms with E-state index in [1.165, 1.54) is 20.2 Å².